The van der Waals surface area contributed by atoms with E-state index in [1.54, 1.807) is 18.2 Å². The van der Waals surface area contributed by atoms with Crippen molar-refractivity contribution in [1.82, 2.24) is 5.32 Å². The first-order valence-electron chi connectivity index (χ1n) is 7.33. The molecule has 0 saturated carbocycles. The minimum Gasteiger partial charge on any atom is -0.352 e. The molecule has 0 atom stereocenters. The molecule has 0 aliphatic heterocycles. The molecule has 5 nitrogen and oxygen atoms in total. The van der Waals surface area contributed by atoms with Gasteiger partial charge in [-0.25, -0.2) is 13.6 Å². The Labute approximate surface area is 136 Å². The molecule has 122 valence electrons. The maximum atomic E-state index is 12.0. The number of primary sulfonamides is 1. The Morgan fingerprint density at radius 1 is 1.13 bits per heavy atom. The molecule has 23 heavy (non-hydrogen) atoms. The van der Waals surface area contributed by atoms with Gasteiger partial charge in [-0.1, -0.05) is 29.8 Å². The molecule has 0 aliphatic carbocycles. The van der Waals surface area contributed by atoms with Gasteiger partial charge in [-0.2, -0.15) is 0 Å². The van der Waals surface area contributed by atoms with Crippen LogP contribution in [0.2, 0.25) is 0 Å². The van der Waals surface area contributed by atoms with Gasteiger partial charge in [0.15, 0.2) is 0 Å². The predicted octanol–water partition coefficient (Wildman–Crippen LogP) is 2.01. The molecule has 3 N–H and O–H groups in total. The van der Waals surface area contributed by atoms with Gasteiger partial charge in [0.1, 0.15) is 0 Å². The standard InChI is InChI=1S/C17H20N2O3S/c1-13-4-2-6-15(12-13)17(20)19-11-3-5-14-7-9-16(10-8-14)23(18,21)22/h2,4,6-10,12H,3,5,11H2,1H3,(H,19,20)(H2,18,21,22). The fourth-order valence-corrected chi connectivity index (χ4v) is 2.74. The third kappa shape index (κ3) is 5.19. The molecule has 0 fully saturated rings. The van der Waals surface area contributed by atoms with Crippen LogP contribution in [0.3, 0.4) is 0 Å². The van der Waals surface area contributed by atoms with Crippen LogP contribution in [0.5, 0.6) is 0 Å². The number of rotatable bonds is 6. The number of hydrogen-bond acceptors (Lipinski definition) is 3. The molecule has 0 aliphatic rings. The quantitative estimate of drug-likeness (QED) is 0.793. The summed E-state index contributed by atoms with van der Waals surface area (Å²) in [7, 11) is -3.65. The summed E-state index contributed by atoms with van der Waals surface area (Å²) in [5.74, 6) is -0.0849. The van der Waals surface area contributed by atoms with E-state index in [0.29, 0.717) is 12.1 Å². The zero-order chi connectivity index (χ0) is 16.9. The lowest BCUT2D eigenvalue weighted by Crippen LogP contribution is -2.24. The highest BCUT2D eigenvalue weighted by atomic mass is 32.2. The largest absolute Gasteiger partial charge is 0.352 e. The number of carbonyl (C=O) groups excluding carboxylic acids is 1. The number of carbonyl (C=O) groups is 1. The van der Waals surface area contributed by atoms with Crippen molar-refractivity contribution in [1.29, 1.82) is 0 Å². The second-order valence-corrected chi connectivity index (χ2v) is 6.98. The molecule has 0 bridgehead atoms. The van der Waals surface area contributed by atoms with Gasteiger partial charge in [0, 0.05) is 12.1 Å². The van der Waals surface area contributed by atoms with Crippen molar-refractivity contribution < 1.29 is 13.2 Å². The fourth-order valence-electron chi connectivity index (χ4n) is 2.23. The van der Waals surface area contributed by atoms with Crippen LogP contribution in [0.15, 0.2) is 53.4 Å². The molecule has 1 amide bonds. The topological polar surface area (TPSA) is 89.3 Å². The van der Waals surface area contributed by atoms with Gasteiger partial charge in [0.25, 0.3) is 5.91 Å². The summed E-state index contributed by atoms with van der Waals surface area (Å²) < 4.78 is 22.3. The SMILES string of the molecule is Cc1cccc(C(=O)NCCCc2ccc(S(N)(=O)=O)cc2)c1. The Balaban J connectivity index is 1.80. The number of nitrogens with one attached hydrogen (secondary N) is 1. The summed E-state index contributed by atoms with van der Waals surface area (Å²) in [4.78, 5) is 12.1. The molecule has 2 rings (SSSR count). The van der Waals surface area contributed by atoms with Crippen molar-refractivity contribution in [3.05, 3.63) is 65.2 Å². The van der Waals surface area contributed by atoms with E-state index in [4.69, 9.17) is 5.14 Å². The molecule has 2 aromatic rings. The van der Waals surface area contributed by atoms with Gasteiger partial charge >= 0.3 is 0 Å². The molecule has 0 radical (unpaired) electrons. The molecule has 0 spiro atoms. The van der Waals surface area contributed by atoms with E-state index < -0.39 is 10.0 Å². The molecule has 6 heteroatoms. The second kappa shape index (κ2) is 7.39. The summed E-state index contributed by atoms with van der Waals surface area (Å²) in [5, 5.41) is 7.93. The number of benzene rings is 2. The van der Waals surface area contributed by atoms with Gasteiger partial charge in [-0.15, -0.1) is 0 Å². The average molecular weight is 332 g/mol. The Morgan fingerprint density at radius 2 is 1.83 bits per heavy atom. The minimum atomic E-state index is -3.65. The zero-order valence-electron chi connectivity index (χ0n) is 13.0. The Bertz CT molecular complexity index is 784. The molecule has 0 unspecified atom stereocenters. The maximum Gasteiger partial charge on any atom is 0.251 e. The van der Waals surface area contributed by atoms with Crippen LogP contribution in [0.1, 0.15) is 27.9 Å². The first-order valence-corrected chi connectivity index (χ1v) is 8.87. The summed E-state index contributed by atoms with van der Waals surface area (Å²) in [6.07, 6.45) is 1.52. The lowest BCUT2D eigenvalue weighted by molar-refractivity contribution is 0.0953. The van der Waals surface area contributed by atoms with Crippen LogP contribution in [-0.4, -0.2) is 20.9 Å². The van der Waals surface area contributed by atoms with E-state index in [2.05, 4.69) is 5.32 Å². The molecule has 0 saturated heterocycles. The Morgan fingerprint density at radius 3 is 2.43 bits per heavy atom. The van der Waals surface area contributed by atoms with Crippen molar-refractivity contribution >= 4 is 15.9 Å². The van der Waals surface area contributed by atoms with E-state index in [1.807, 2.05) is 25.1 Å². The normalized spacial score (nSPS) is 11.2. The summed E-state index contributed by atoms with van der Waals surface area (Å²) in [5.41, 5.74) is 2.71. The van der Waals surface area contributed by atoms with Crippen LogP contribution in [0.4, 0.5) is 0 Å². The summed E-state index contributed by atoms with van der Waals surface area (Å²) in [6.45, 7) is 2.51. The van der Waals surface area contributed by atoms with Gasteiger partial charge in [0.05, 0.1) is 4.90 Å². The first kappa shape index (κ1) is 17.2. The smallest absolute Gasteiger partial charge is 0.251 e. The van der Waals surface area contributed by atoms with Crippen LogP contribution >= 0.6 is 0 Å². The lowest BCUT2D eigenvalue weighted by atomic mass is 10.1. The highest BCUT2D eigenvalue weighted by Crippen LogP contribution is 2.10. The van der Waals surface area contributed by atoms with Crippen LogP contribution in [0, 0.1) is 6.92 Å². The van der Waals surface area contributed by atoms with E-state index in [1.165, 1.54) is 12.1 Å². The molecule has 2 aromatic carbocycles. The van der Waals surface area contributed by atoms with Crippen LogP contribution < -0.4 is 10.5 Å². The van der Waals surface area contributed by atoms with Gasteiger partial charge in [0.2, 0.25) is 10.0 Å². The maximum absolute atomic E-state index is 12.0. The highest BCUT2D eigenvalue weighted by Gasteiger charge is 2.07. The summed E-state index contributed by atoms with van der Waals surface area (Å²) in [6, 6.07) is 13.9. The van der Waals surface area contributed by atoms with Crippen LogP contribution in [0.25, 0.3) is 0 Å². The van der Waals surface area contributed by atoms with Crippen LogP contribution in [-0.2, 0) is 16.4 Å². The van der Waals surface area contributed by atoms with Crippen molar-refractivity contribution in [2.45, 2.75) is 24.7 Å². The van der Waals surface area contributed by atoms with Crippen molar-refractivity contribution in [2.75, 3.05) is 6.54 Å². The van der Waals surface area contributed by atoms with Crippen molar-refractivity contribution in [3.63, 3.8) is 0 Å². The molecular weight excluding hydrogens is 312 g/mol. The van der Waals surface area contributed by atoms with Gasteiger partial charge in [-0.05, 0) is 49.6 Å². The number of sulfonamides is 1. The van der Waals surface area contributed by atoms with E-state index in [0.717, 1.165) is 24.0 Å². The number of nitrogens with two attached hydrogens (primary N) is 1. The van der Waals surface area contributed by atoms with E-state index in [9.17, 15) is 13.2 Å². The minimum absolute atomic E-state index is 0.0849. The average Bonchev–Trinajstić information content (AvgIpc) is 2.51. The molecule has 0 heterocycles. The number of aryl methyl sites for hydroxylation is 2. The fraction of sp³-hybridized carbons (Fsp3) is 0.235. The Hall–Kier alpha value is -2.18. The third-order valence-electron chi connectivity index (χ3n) is 3.46. The second-order valence-electron chi connectivity index (χ2n) is 5.42. The molecular formula is C17H20N2O3S. The van der Waals surface area contributed by atoms with Crippen molar-refractivity contribution in [2.24, 2.45) is 5.14 Å². The van der Waals surface area contributed by atoms with E-state index >= 15 is 0 Å². The first-order chi connectivity index (χ1) is 10.9. The van der Waals surface area contributed by atoms with Gasteiger partial charge in [-0.3, -0.25) is 4.79 Å². The predicted molar refractivity (Wildman–Crippen MR) is 89.6 cm³/mol. The molecule has 0 aromatic heterocycles. The third-order valence-corrected chi connectivity index (χ3v) is 4.39. The number of hydrogen-bond donors (Lipinski definition) is 2. The van der Waals surface area contributed by atoms with Crippen molar-refractivity contribution in [3.8, 4) is 0 Å². The summed E-state index contributed by atoms with van der Waals surface area (Å²) >= 11 is 0. The van der Waals surface area contributed by atoms with Gasteiger partial charge < -0.3 is 5.32 Å². The number of amides is 1. The zero-order valence-corrected chi connectivity index (χ0v) is 13.8. The highest BCUT2D eigenvalue weighted by molar-refractivity contribution is 7.89. The Kier molecular flexibility index (Phi) is 5.52. The lowest BCUT2D eigenvalue weighted by Gasteiger charge is -2.06. The monoisotopic (exact) mass is 332 g/mol. The van der Waals surface area contributed by atoms with E-state index in [-0.39, 0.29) is 10.8 Å².